The van der Waals surface area contributed by atoms with Gasteiger partial charge >= 0.3 is 0 Å². The normalized spacial score (nSPS) is 13.0. The van der Waals surface area contributed by atoms with Crippen molar-refractivity contribution in [2.45, 2.75) is 6.92 Å². The fourth-order valence-electron chi connectivity index (χ4n) is 1.88. The Bertz CT molecular complexity index is 799. The largest absolute Gasteiger partial charge is 0.504 e. The van der Waals surface area contributed by atoms with E-state index in [2.05, 4.69) is 6.58 Å². The van der Waals surface area contributed by atoms with Gasteiger partial charge in [0.2, 0.25) is 0 Å². The number of rotatable bonds is 3. The van der Waals surface area contributed by atoms with Crippen LogP contribution in [0.4, 0.5) is 0 Å². The van der Waals surface area contributed by atoms with E-state index in [1.165, 1.54) is 6.07 Å². The SMILES string of the molecule is C=c1cccc/c1=C/C=C(C)/C=C/c1cccc(O)c1O. The number of aromatic hydroxyl groups is 2. The summed E-state index contributed by atoms with van der Waals surface area (Å²) in [5.74, 6) is -0.218. The molecule has 2 N–H and O–H groups in total. The van der Waals surface area contributed by atoms with Crippen molar-refractivity contribution in [2.75, 3.05) is 0 Å². The average Bonchev–Trinajstić information content (AvgIpc) is 2.48. The highest BCUT2D eigenvalue weighted by molar-refractivity contribution is 5.63. The summed E-state index contributed by atoms with van der Waals surface area (Å²) >= 11 is 0. The first kappa shape index (κ1) is 14.7. The van der Waals surface area contributed by atoms with E-state index < -0.39 is 0 Å². The zero-order valence-electron chi connectivity index (χ0n) is 12.0. The van der Waals surface area contributed by atoms with Gasteiger partial charge in [0.05, 0.1) is 0 Å². The Morgan fingerprint density at radius 3 is 2.57 bits per heavy atom. The van der Waals surface area contributed by atoms with Crippen molar-refractivity contribution in [3.8, 4) is 11.5 Å². The van der Waals surface area contributed by atoms with Gasteiger partial charge in [0.15, 0.2) is 11.5 Å². The van der Waals surface area contributed by atoms with Crippen molar-refractivity contribution >= 4 is 18.7 Å². The first-order chi connectivity index (χ1) is 10.1. The quantitative estimate of drug-likeness (QED) is 0.669. The Kier molecular flexibility index (Phi) is 4.62. The molecule has 0 radical (unpaired) electrons. The molecule has 2 aromatic carbocycles. The summed E-state index contributed by atoms with van der Waals surface area (Å²) in [4.78, 5) is 0. The van der Waals surface area contributed by atoms with Gasteiger partial charge in [-0.05, 0) is 23.4 Å². The molecule has 0 aliphatic rings. The summed E-state index contributed by atoms with van der Waals surface area (Å²) in [6, 6.07) is 12.8. The van der Waals surface area contributed by atoms with E-state index in [-0.39, 0.29) is 11.5 Å². The van der Waals surface area contributed by atoms with Crippen LogP contribution in [0.5, 0.6) is 11.5 Å². The summed E-state index contributed by atoms with van der Waals surface area (Å²) in [5.41, 5.74) is 1.61. The van der Waals surface area contributed by atoms with E-state index in [1.807, 2.05) is 49.4 Å². The second-order valence-corrected chi connectivity index (χ2v) is 4.82. The van der Waals surface area contributed by atoms with E-state index >= 15 is 0 Å². The van der Waals surface area contributed by atoms with E-state index in [4.69, 9.17) is 0 Å². The molecule has 0 bridgehead atoms. The number of hydrogen-bond donors (Lipinski definition) is 2. The molecule has 0 aliphatic heterocycles. The molecule has 0 unspecified atom stereocenters. The highest BCUT2D eigenvalue weighted by Gasteiger charge is 2.01. The summed E-state index contributed by atoms with van der Waals surface area (Å²) in [5, 5.41) is 21.2. The molecule has 2 aromatic rings. The number of hydrogen-bond acceptors (Lipinski definition) is 2. The maximum atomic E-state index is 9.72. The molecule has 21 heavy (non-hydrogen) atoms. The molecular formula is C19H18O2. The van der Waals surface area contributed by atoms with Crippen LogP contribution >= 0.6 is 0 Å². The molecular weight excluding hydrogens is 260 g/mol. The smallest absolute Gasteiger partial charge is 0.164 e. The van der Waals surface area contributed by atoms with Crippen LogP contribution in [-0.4, -0.2) is 10.2 Å². The molecule has 0 atom stereocenters. The Morgan fingerprint density at radius 1 is 1.05 bits per heavy atom. The van der Waals surface area contributed by atoms with Gasteiger partial charge in [-0.25, -0.2) is 0 Å². The Labute approximate surface area is 124 Å². The Balaban J connectivity index is 2.24. The number of phenols is 2. The van der Waals surface area contributed by atoms with Gasteiger partial charge in [0.25, 0.3) is 0 Å². The van der Waals surface area contributed by atoms with Gasteiger partial charge < -0.3 is 10.2 Å². The molecule has 0 amide bonds. The second-order valence-electron chi connectivity index (χ2n) is 4.82. The third-order valence-corrected chi connectivity index (χ3v) is 3.15. The lowest BCUT2D eigenvalue weighted by molar-refractivity contribution is 0.403. The van der Waals surface area contributed by atoms with Gasteiger partial charge in [-0.3, -0.25) is 0 Å². The van der Waals surface area contributed by atoms with Gasteiger partial charge in [0, 0.05) is 5.56 Å². The lowest BCUT2D eigenvalue weighted by Crippen LogP contribution is -2.21. The highest BCUT2D eigenvalue weighted by Crippen LogP contribution is 2.29. The molecule has 0 fully saturated rings. The van der Waals surface area contributed by atoms with Gasteiger partial charge in [-0.15, -0.1) is 0 Å². The third-order valence-electron chi connectivity index (χ3n) is 3.15. The van der Waals surface area contributed by atoms with Crippen molar-refractivity contribution in [1.82, 2.24) is 0 Å². The van der Waals surface area contributed by atoms with Crippen LogP contribution in [0.3, 0.4) is 0 Å². The molecule has 0 aliphatic carbocycles. The lowest BCUT2D eigenvalue weighted by Gasteiger charge is -2.00. The van der Waals surface area contributed by atoms with Crippen LogP contribution in [0.1, 0.15) is 12.5 Å². The topological polar surface area (TPSA) is 40.5 Å². The van der Waals surface area contributed by atoms with Gasteiger partial charge in [0.1, 0.15) is 0 Å². The minimum atomic E-state index is -0.115. The van der Waals surface area contributed by atoms with Crippen molar-refractivity contribution < 1.29 is 10.2 Å². The minimum absolute atomic E-state index is 0.103. The number of phenolic OH excluding ortho intramolecular Hbond substituents is 2. The second kappa shape index (κ2) is 6.62. The monoisotopic (exact) mass is 278 g/mol. The van der Waals surface area contributed by atoms with Crippen molar-refractivity contribution in [2.24, 2.45) is 0 Å². The average molecular weight is 278 g/mol. The van der Waals surface area contributed by atoms with Crippen molar-refractivity contribution in [1.29, 1.82) is 0 Å². The molecule has 0 saturated carbocycles. The minimum Gasteiger partial charge on any atom is -0.504 e. The Morgan fingerprint density at radius 2 is 1.81 bits per heavy atom. The van der Waals surface area contributed by atoms with Crippen molar-refractivity contribution in [3.63, 3.8) is 0 Å². The molecule has 0 heterocycles. The van der Waals surface area contributed by atoms with E-state index in [9.17, 15) is 10.2 Å². The maximum absolute atomic E-state index is 9.72. The van der Waals surface area contributed by atoms with Crippen LogP contribution in [0.15, 0.2) is 60.2 Å². The highest BCUT2D eigenvalue weighted by atomic mass is 16.3. The first-order valence-electron chi connectivity index (χ1n) is 6.69. The molecule has 0 saturated heterocycles. The standard InChI is InChI=1S/C19H18O2/c1-14(10-12-16-7-4-3-6-15(16)2)11-13-17-8-5-9-18(20)19(17)21/h3-13,20-21H,2H2,1H3/b13-11+,14-10+,16-12-. The van der Waals surface area contributed by atoms with Crippen molar-refractivity contribution in [3.05, 3.63) is 76.2 Å². The van der Waals surface area contributed by atoms with Gasteiger partial charge in [-0.2, -0.15) is 0 Å². The third kappa shape index (κ3) is 3.86. The molecule has 2 rings (SSSR count). The van der Waals surface area contributed by atoms with Crippen LogP contribution in [-0.2, 0) is 0 Å². The predicted molar refractivity (Wildman–Crippen MR) is 88.2 cm³/mol. The molecule has 0 aromatic heterocycles. The van der Waals surface area contributed by atoms with Crippen LogP contribution in [0.2, 0.25) is 0 Å². The van der Waals surface area contributed by atoms with Crippen LogP contribution < -0.4 is 10.4 Å². The molecule has 0 spiro atoms. The lowest BCUT2D eigenvalue weighted by atomic mass is 10.1. The predicted octanol–water partition coefficient (Wildman–Crippen LogP) is 2.95. The number of benzene rings is 2. The van der Waals surface area contributed by atoms with Crippen LogP contribution in [0, 0.1) is 0 Å². The maximum Gasteiger partial charge on any atom is 0.164 e. The van der Waals surface area contributed by atoms with E-state index in [1.54, 1.807) is 18.2 Å². The summed E-state index contributed by atoms with van der Waals surface area (Å²) in [6.07, 6.45) is 7.65. The fourth-order valence-corrected chi connectivity index (χ4v) is 1.88. The summed E-state index contributed by atoms with van der Waals surface area (Å²) in [7, 11) is 0. The molecule has 106 valence electrons. The molecule has 2 nitrogen and oxygen atoms in total. The zero-order chi connectivity index (χ0) is 15.2. The Hall–Kier alpha value is -2.74. The fraction of sp³-hybridized carbons (Fsp3) is 0.0526. The van der Waals surface area contributed by atoms with Gasteiger partial charge in [-0.1, -0.05) is 72.9 Å². The summed E-state index contributed by atoms with van der Waals surface area (Å²) in [6.45, 7) is 5.94. The summed E-state index contributed by atoms with van der Waals surface area (Å²) < 4.78 is 0. The number of allylic oxidation sites excluding steroid dienone is 3. The van der Waals surface area contributed by atoms with E-state index in [0.29, 0.717) is 5.56 Å². The number of para-hydroxylation sites is 1. The molecule has 2 heteroatoms. The zero-order valence-corrected chi connectivity index (χ0v) is 12.0. The first-order valence-corrected chi connectivity index (χ1v) is 6.69. The van der Waals surface area contributed by atoms with Crippen LogP contribution in [0.25, 0.3) is 18.7 Å². The van der Waals surface area contributed by atoms with E-state index in [0.717, 1.165) is 16.0 Å².